The Morgan fingerprint density at radius 3 is 2.69 bits per heavy atom. The van der Waals surface area contributed by atoms with Crippen LogP contribution in [0.5, 0.6) is 0 Å². The van der Waals surface area contributed by atoms with Crippen molar-refractivity contribution in [2.75, 3.05) is 0 Å². The summed E-state index contributed by atoms with van der Waals surface area (Å²) in [5, 5.41) is 4.22. The van der Waals surface area contributed by atoms with Crippen LogP contribution in [-0.2, 0) is 22.8 Å². The number of hydrogen-bond donors (Lipinski definition) is 1. The third-order valence-electron chi connectivity index (χ3n) is 1.44. The predicted octanol–water partition coefficient (Wildman–Crippen LogP) is 0.151. The molecule has 1 amide bonds. The summed E-state index contributed by atoms with van der Waals surface area (Å²) in [6.07, 6.45) is 0.360. The Morgan fingerprint density at radius 2 is 2.31 bits per heavy atom. The highest BCUT2D eigenvalue weighted by molar-refractivity contribution is 7.83. The van der Waals surface area contributed by atoms with E-state index < -0.39 is 11.0 Å². The molecule has 0 saturated carbocycles. The van der Waals surface area contributed by atoms with Crippen LogP contribution >= 0.6 is 11.6 Å². The van der Waals surface area contributed by atoms with Crippen LogP contribution in [0.2, 0.25) is 5.15 Å². The smallest absolute Gasteiger partial charge is 0.219 e. The lowest BCUT2D eigenvalue weighted by Gasteiger charge is -1.97. The van der Waals surface area contributed by atoms with Crippen LogP contribution in [0.15, 0.2) is 4.90 Å². The van der Waals surface area contributed by atoms with Gasteiger partial charge in [-0.3, -0.25) is 14.2 Å². The highest BCUT2D eigenvalue weighted by Crippen LogP contribution is 2.20. The molecule has 1 aromatic heterocycles. The van der Waals surface area contributed by atoms with Crippen molar-refractivity contribution >= 4 is 29.0 Å². The average Bonchev–Trinajstić information content (AvgIpc) is 2.27. The Labute approximate surface area is 82.7 Å². The lowest BCUT2D eigenvalue weighted by molar-refractivity contribution is -0.108. The van der Waals surface area contributed by atoms with Gasteiger partial charge in [-0.25, -0.2) is 4.21 Å². The molecule has 0 bridgehead atoms. The minimum absolute atomic E-state index is 0.269. The summed E-state index contributed by atoms with van der Waals surface area (Å²) in [5.74, 6) is 0. The fourth-order valence-corrected chi connectivity index (χ4v) is 2.11. The zero-order valence-corrected chi connectivity index (χ0v) is 8.65. The first kappa shape index (κ1) is 10.2. The minimum Gasteiger partial charge on any atom is -0.278 e. The molecule has 0 spiro atoms. The fourth-order valence-electron chi connectivity index (χ4n) is 0.924. The molecule has 5 nitrogen and oxygen atoms in total. The topological polar surface area (TPSA) is 64.0 Å². The summed E-state index contributed by atoms with van der Waals surface area (Å²) in [6.45, 7) is 1.67. The third-order valence-corrected chi connectivity index (χ3v) is 3.16. The van der Waals surface area contributed by atoms with Gasteiger partial charge in [-0.15, -0.1) is 0 Å². The van der Waals surface area contributed by atoms with Gasteiger partial charge in [0, 0.05) is 7.05 Å². The number of aromatic nitrogens is 2. The van der Waals surface area contributed by atoms with Gasteiger partial charge in [-0.1, -0.05) is 11.6 Å². The Balaban J connectivity index is 3.12. The van der Waals surface area contributed by atoms with E-state index in [1.165, 1.54) is 4.68 Å². The maximum absolute atomic E-state index is 11.3. The van der Waals surface area contributed by atoms with Gasteiger partial charge in [0.2, 0.25) is 6.41 Å². The van der Waals surface area contributed by atoms with Crippen LogP contribution in [-0.4, -0.2) is 20.4 Å². The van der Waals surface area contributed by atoms with Crippen molar-refractivity contribution < 1.29 is 9.00 Å². The van der Waals surface area contributed by atoms with Crippen LogP contribution < -0.4 is 4.72 Å². The van der Waals surface area contributed by atoms with Gasteiger partial charge in [0.1, 0.15) is 10.0 Å². The highest BCUT2D eigenvalue weighted by Gasteiger charge is 2.16. The number of hydrogen-bond acceptors (Lipinski definition) is 3. The first-order valence-corrected chi connectivity index (χ1v) is 4.91. The van der Waals surface area contributed by atoms with Gasteiger partial charge in [-0.2, -0.15) is 5.10 Å². The number of nitrogens with one attached hydrogen (secondary N) is 1. The van der Waals surface area contributed by atoms with Crippen molar-refractivity contribution in [3.05, 3.63) is 10.8 Å². The van der Waals surface area contributed by atoms with Gasteiger partial charge < -0.3 is 0 Å². The Hall–Kier alpha value is -0.880. The summed E-state index contributed by atoms with van der Waals surface area (Å²) in [4.78, 5) is 10.4. The monoisotopic (exact) mass is 221 g/mol. The number of carbonyl (C=O) groups is 1. The molecule has 0 fully saturated rings. The standard InChI is InChI=1S/C6H8ClN3O2S/c1-4-5(13(12)8-3-11)6(7)10(2)9-4/h3H,1-2H3,(H,8,11). The van der Waals surface area contributed by atoms with Crippen LogP contribution in [0.25, 0.3) is 0 Å². The normalized spacial score (nSPS) is 12.5. The van der Waals surface area contributed by atoms with E-state index in [9.17, 15) is 9.00 Å². The van der Waals surface area contributed by atoms with Gasteiger partial charge in [0.25, 0.3) is 0 Å². The van der Waals surface area contributed by atoms with Crippen molar-refractivity contribution in [2.24, 2.45) is 7.05 Å². The van der Waals surface area contributed by atoms with Crippen molar-refractivity contribution in [3.63, 3.8) is 0 Å². The molecule has 0 saturated heterocycles. The second kappa shape index (κ2) is 3.89. The maximum Gasteiger partial charge on any atom is 0.219 e. The number of nitrogens with zero attached hydrogens (tertiary/aromatic N) is 2. The van der Waals surface area contributed by atoms with Crippen LogP contribution in [0.4, 0.5) is 0 Å². The number of amides is 1. The third kappa shape index (κ3) is 1.89. The summed E-state index contributed by atoms with van der Waals surface area (Å²) in [7, 11) is 0.0168. The molecule has 1 N–H and O–H groups in total. The first-order chi connectivity index (χ1) is 6.07. The second-order valence-corrected chi connectivity index (χ2v) is 3.87. The SMILES string of the molecule is Cc1nn(C)c(Cl)c1S(=O)NC=O. The zero-order valence-electron chi connectivity index (χ0n) is 7.07. The number of aryl methyl sites for hydroxylation is 2. The van der Waals surface area contributed by atoms with Crippen LogP contribution in [0.3, 0.4) is 0 Å². The predicted molar refractivity (Wildman–Crippen MR) is 48.6 cm³/mol. The molecule has 1 rings (SSSR count). The van der Waals surface area contributed by atoms with Gasteiger partial charge >= 0.3 is 0 Å². The Morgan fingerprint density at radius 1 is 1.69 bits per heavy atom. The molecule has 13 heavy (non-hydrogen) atoms. The quantitative estimate of drug-likeness (QED) is 0.740. The molecule has 1 unspecified atom stereocenters. The molecule has 1 atom stereocenters. The number of carbonyl (C=O) groups excluding carboxylic acids is 1. The van der Waals surface area contributed by atoms with E-state index in [2.05, 4.69) is 9.82 Å². The molecule has 1 heterocycles. The van der Waals surface area contributed by atoms with E-state index in [0.717, 1.165) is 0 Å². The molecule has 0 aliphatic rings. The fraction of sp³-hybridized carbons (Fsp3) is 0.333. The summed E-state index contributed by atoms with van der Waals surface area (Å²) in [5.41, 5.74) is 0.542. The summed E-state index contributed by atoms with van der Waals surface area (Å²) in [6, 6.07) is 0. The lowest BCUT2D eigenvalue weighted by Crippen LogP contribution is -2.15. The van der Waals surface area contributed by atoms with E-state index in [1.54, 1.807) is 14.0 Å². The molecular weight excluding hydrogens is 214 g/mol. The van der Waals surface area contributed by atoms with Gasteiger partial charge in [-0.05, 0) is 6.92 Å². The van der Waals surface area contributed by atoms with Gasteiger partial charge in [0.05, 0.1) is 5.69 Å². The molecule has 1 aromatic rings. The van der Waals surface area contributed by atoms with Gasteiger partial charge in [0.15, 0.2) is 11.0 Å². The largest absolute Gasteiger partial charge is 0.278 e. The van der Waals surface area contributed by atoms with Crippen LogP contribution in [0.1, 0.15) is 5.69 Å². The average molecular weight is 222 g/mol. The Bertz CT molecular complexity index is 363. The molecule has 0 aliphatic heterocycles. The molecular formula is C6H8ClN3O2S. The van der Waals surface area contributed by atoms with E-state index in [1.807, 2.05) is 0 Å². The van der Waals surface area contributed by atoms with Crippen molar-refractivity contribution in [3.8, 4) is 0 Å². The highest BCUT2D eigenvalue weighted by atomic mass is 35.5. The second-order valence-electron chi connectivity index (χ2n) is 2.33. The Kier molecular flexibility index (Phi) is 3.05. The minimum atomic E-state index is -1.62. The lowest BCUT2D eigenvalue weighted by atomic mass is 10.5. The number of halogens is 1. The van der Waals surface area contributed by atoms with Crippen molar-refractivity contribution in [2.45, 2.75) is 11.8 Å². The van der Waals surface area contributed by atoms with E-state index >= 15 is 0 Å². The van der Waals surface area contributed by atoms with E-state index in [4.69, 9.17) is 11.6 Å². The summed E-state index contributed by atoms with van der Waals surface area (Å²) >= 11 is 5.80. The molecule has 0 aromatic carbocycles. The van der Waals surface area contributed by atoms with Crippen LogP contribution in [0, 0.1) is 6.92 Å². The maximum atomic E-state index is 11.3. The number of rotatable bonds is 3. The van der Waals surface area contributed by atoms with E-state index in [-0.39, 0.29) is 5.15 Å². The molecule has 72 valence electrons. The van der Waals surface area contributed by atoms with Crippen molar-refractivity contribution in [1.29, 1.82) is 0 Å². The van der Waals surface area contributed by atoms with Crippen molar-refractivity contribution in [1.82, 2.24) is 14.5 Å². The first-order valence-electron chi connectivity index (χ1n) is 3.38. The zero-order chi connectivity index (χ0) is 10.0. The molecule has 0 aliphatic carbocycles. The van der Waals surface area contributed by atoms with E-state index in [0.29, 0.717) is 17.0 Å². The molecule has 7 heteroatoms. The summed E-state index contributed by atoms with van der Waals surface area (Å²) < 4.78 is 14.8. The molecule has 0 radical (unpaired) electrons.